The summed E-state index contributed by atoms with van der Waals surface area (Å²) >= 11 is 0. The van der Waals surface area contributed by atoms with E-state index in [1.807, 2.05) is 12.1 Å². The van der Waals surface area contributed by atoms with Crippen LogP contribution < -0.4 is 11.1 Å². The number of nitrogens with zero attached hydrogens (tertiary/aromatic N) is 1. The Morgan fingerprint density at radius 2 is 1.94 bits per heavy atom. The maximum Gasteiger partial charge on any atom is 0.316 e. The van der Waals surface area contributed by atoms with Gasteiger partial charge >= 0.3 is 6.03 Å². The molecule has 0 aliphatic carbocycles. The van der Waals surface area contributed by atoms with Crippen molar-refractivity contribution in [3.05, 3.63) is 42.5 Å². The van der Waals surface area contributed by atoms with Crippen LogP contribution in [0.15, 0.2) is 36.9 Å². The maximum atomic E-state index is 11.3. The van der Waals surface area contributed by atoms with Gasteiger partial charge in [0.25, 0.3) is 0 Å². The smallest absolute Gasteiger partial charge is 0.316 e. The number of hydrogen-bond donors (Lipinski definition) is 2. The van der Waals surface area contributed by atoms with Crippen LogP contribution in [0.1, 0.15) is 11.5 Å². The molecule has 2 rings (SSSR count). The largest absolute Gasteiger partial charge is 0.351 e. The fourth-order valence-corrected chi connectivity index (χ4v) is 1.98. The van der Waals surface area contributed by atoms with E-state index in [0.717, 1.165) is 5.56 Å². The van der Waals surface area contributed by atoms with Gasteiger partial charge in [-0.05, 0) is 23.8 Å². The number of primary amides is 1. The van der Waals surface area contributed by atoms with E-state index in [2.05, 4.69) is 11.9 Å². The molecule has 1 aliphatic rings. The van der Waals surface area contributed by atoms with E-state index in [-0.39, 0.29) is 5.91 Å². The van der Waals surface area contributed by atoms with E-state index < -0.39 is 6.03 Å². The zero-order chi connectivity index (χ0) is 13.1. The number of nitrogens with one attached hydrogen (secondary N) is 1. The third-order valence-electron chi connectivity index (χ3n) is 3.02. The van der Waals surface area contributed by atoms with E-state index in [0.29, 0.717) is 24.7 Å². The molecule has 0 unspecified atom stereocenters. The SMILES string of the molecule is C=CC(=O)N1CC(c2ccc(NC(N)=O)cc2)C1. The highest BCUT2D eigenvalue weighted by atomic mass is 16.2. The average molecular weight is 245 g/mol. The van der Waals surface area contributed by atoms with Crippen LogP contribution in [0.2, 0.25) is 0 Å². The summed E-state index contributed by atoms with van der Waals surface area (Å²) in [6, 6.07) is 6.90. The summed E-state index contributed by atoms with van der Waals surface area (Å²) in [6.07, 6.45) is 1.33. The molecule has 1 aliphatic heterocycles. The molecular weight excluding hydrogens is 230 g/mol. The Balaban J connectivity index is 1.94. The predicted molar refractivity (Wildman–Crippen MR) is 69.2 cm³/mol. The Bertz CT molecular complexity index is 476. The fourth-order valence-electron chi connectivity index (χ4n) is 1.98. The van der Waals surface area contributed by atoms with Gasteiger partial charge in [0.15, 0.2) is 0 Å². The lowest BCUT2D eigenvalue weighted by atomic mass is 9.91. The maximum absolute atomic E-state index is 11.3. The van der Waals surface area contributed by atoms with Crippen LogP contribution in [0.4, 0.5) is 10.5 Å². The van der Waals surface area contributed by atoms with Gasteiger partial charge in [0.1, 0.15) is 0 Å². The summed E-state index contributed by atoms with van der Waals surface area (Å²) in [5, 5.41) is 2.50. The molecule has 1 aromatic rings. The number of benzene rings is 1. The number of hydrogen-bond acceptors (Lipinski definition) is 2. The van der Waals surface area contributed by atoms with Crippen LogP contribution in [0.5, 0.6) is 0 Å². The molecule has 5 heteroatoms. The molecule has 0 atom stereocenters. The molecule has 1 saturated heterocycles. The van der Waals surface area contributed by atoms with Crippen molar-refractivity contribution in [2.75, 3.05) is 18.4 Å². The number of carbonyl (C=O) groups is 2. The fraction of sp³-hybridized carbons (Fsp3) is 0.231. The number of rotatable bonds is 3. The normalized spacial score (nSPS) is 14.8. The lowest BCUT2D eigenvalue weighted by Crippen LogP contribution is -2.47. The highest BCUT2D eigenvalue weighted by Crippen LogP contribution is 2.27. The summed E-state index contributed by atoms with van der Waals surface area (Å²) in [6.45, 7) is 4.89. The van der Waals surface area contributed by atoms with Crippen LogP contribution in [0, 0.1) is 0 Å². The lowest BCUT2D eigenvalue weighted by molar-refractivity contribution is -0.130. The number of nitrogens with two attached hydrogens (primary N) is 1. The molecule has 3 amide bonds. The van der Waals surface area contributed by atoms with Crippen molar-refractivity contribution in [2.24, 2.45) is 5.73 Å². The van der Waals surface area contributed by atoms with E-state index in [1.165, 1.54) is 6.08 Å². The highest BCUT2D eigenvalue weighted by molar-refractivity contribution is 5.88. The average Bonchev–Trinajstić information content (AvgIpc) is 2.28. The zero-order valence-corrected chi connectivity index (χ0v) is 9.93. The minimum atomic E-state index is -0.575. The van der Waals surface area contributed by atoms with Crippen LogP contribution in [0.25, 0.3) is 0 Å². The van der Waals surface area contributed by atoms with Crippen molar-refractivity contribution >= 4 is 17.6 Å². The molecule has 0 saturated carbocycles. The van der Waals surface area contributed by atoms with Crippen LogP contribution in [-0.4, -0.2) is 29.9 Å². The second kappa shape index (κ2) is 4.91. The topological polar surface area (TPSA) is 75.4 Å². The van der Waals surface area contributed by atoms with Crippen LogP contribution in [-0.2, 0) is 4.79 Å². The first-order valence-corrected chi connectivity index (χ1v) is 5.68. The molecule has 5 nitrogen and oxygen atoms in total. The van der Waals surface area contributed by atoms with Gasteiger partial charge in [-0.1, -0.05) is 18.7 Å². The van der Waals surface area contributed by atoms with Crippen molar-refractivity contribution in [2.45, 2.75) is 5.92 Å². The first-order valence-electron chi connectivity index (χ1n) is 5.68. The summed E-state index contributed by atoms with van der Waals surface area (Å²) in [7, 11) is 0. The second-order valence-electron chi connectivity index (χ2n) is 4.26. The second-order valence-corrected chi connectivity index (χ2v) is 4.26. The molecule has 1 fully saturated rings. The highest BCUT2D eigenvalue weighted by Gasteiger charge is 2.30. The first-order chi connectivity index (χ1) is 8.60. The minimum Gasteiger partial charge on any atom is -0.351 e. The third-order valence-corrected chi connectivity index (χ3v) is 3.02. The standard InChI is InChI=1S/C13H15N3O2/c1-2-12(17)16-7-10(8-16)9-3-5-11(6-4-9)15-13(14)18/h2-6,10H,1,7-8H2,(H3,14,15,18). The third kappa shape index (κ3) is 2.51. The molecule has 94 valence electrons. The van der Waals surface area contributed by atoms with Gasteiger partial charge < -0.3 is 16.0 Å². The summed E-state index contributed by atoms with van der Waals surface area (Å²) in [4.78, 5) is 23.7. The lowest BCUT2D eigenvalue weighted by Gasteiger charge is -2.39. The van der Waals surface area contributed by atoms with Gasteiger partial charge in [0.05, 0.1) is 0 Å². The Kier molecular flexibility index (Phi) is 3.32. The number of urea groups is 1. The first kappa shape index (κ1) is 12.2. The molecule has 18 heavy (non-hydrogen) atoms. The Morgan fingerprint density at radius 1 is 1.33 bits per heavy atom. The minimum absolute atomic E-state index is 0.0294. The number of carbonyl (C=O) groups excluding carboxylic acids is 2. The molecule has 0 aromatic heterocycles. The molecular formula is C13H15N3O2. The molecule has 0 spiro atoms. The quantitative estimate of drug-likeness (QED) is 0.787. The Labute approximate surface area is 105 Å². The number of amides is 3. The van der Waals surface area contributed by atoms with Gasteiger partial charge in [-0.3, -0.25) is 4.79 Å². The van der Waals surface area contributed by atoms with E-state index in [1.54, 1.807) is 17.0 Å². The molecule has 0 bridgehead atoms. The van der Waals surface area contributed by atoms with Crippen molar-refractivity contribution in [1.82, 2.24) is 4.90 Å². The van der Waals surface area contributed by atoms with Gasteiger partial charge in [0, 0.05) is 24.7 Å². The Hall–Kier alpha value is -2.30. The summed E-state index contributed by atoms with van der Waals surface area (Å²) < 4.78 is 0. The van der Waals surface area contributed by atoms with Crippen molar-refractivity contribution in [3.8, 4) is 0 Å². The Morgan fingerprint density at radius 3 is 2.44 bits per heavy atom. The van der Waals surface area contributed by atoms with E-state index in [4.69, 9.17) is 5.73 Å². The molecule has 1 heterocycles. The predicted octanol–water partition coefficient (Wildman–Crippen LogP) is 1.29. The summed E-state index contributed by atoms with van der Waals surface area (Å²) in [5.74, 6) is 0.329. The van der Waals surface area contributed by atoms with Crippen LogP contribution in [0.3, 0.4) is 0 Å². The van der Waals surface area contributed by atoms with Gasteiger partial charge in [0.2, 0.25) is 5.91 Å². The number of anilines is 1. The zero-order valence-electron chi connectivity index (χ0n) is 9.93. The van der Waals surface area contributed by atoms with Crippen molar-refractivity contribution in [1.29, 1.82) is 0 Å². The van der Waals surface area contributed by atoms with Gasteiger partial charge in [-0.25, -0.2) is 4.79 Å². The van der Waals surface area contributed by atoms with Crippen molar-refractivity contribution in [3.63, 3.8) is 0 Å². The van der Waals surface area contributed by atoms with Crippen molar-refractivity contribution < 1.29 is 9.59 Å². The van der Waals surface area contributed by atoms with Crippen LogP contribution >= 0.6 is 0 Å². The van der Waals surface area contributed by atoms with E-state index >= 15 is 0 Å². The molecule has 0 radical (unpaired) electrons. The monoisotopic (exact) mass is 245 g/mol. The van der Waals surface area contributed by atoms with Gasteiger partial charge in [-0.2, -0.15) is 0 Å². The molecule has 1 aromatic carbocycles. The number of likely N-dealkylation sites (tertiary alicyclic amines) is 1. The van der Waals surface area contributed by atoms with E-state index in [9.17, 15) is 9.59 Å². The molecule has 3 N–H and O–H groups in total. The summed E-state index contributed by atoms with van der Waals surface area (Å²) in [5.41, 5.74) is 6.84. The van der Waals surface area contributed by atoms with Gasteiger partial charge in [-0.15, -0.1) is 0 Å².